The molecular formula is C10H13ClO2. The van der Waals surface area contributed by atoms with Crippen molar-refractivity contribution in [2.75, 3.05) is 5.88 Å². The molecule has 1 aromatic carbocycles. The molecule has 0 aromatic heterocycles. The molecule has 0 atom stereocenters. The van der Waals surface area contributed by atoms with Gasteiger partial charge in [0.2, 0.25) is 0 Å². The average Bonchev–Trinajstić information content (AvgIpc) is 2.11. The fourth-order valence-corrected chi connectivity index (χ4v) is 0.663. The second-order valence-corrected chi connectivity index (χ2v) is 2.88. The molecule has 0 heterocycles. The first-order valence-corrected chi connectivity index (χ1v) is 4.41. The number of hydrogen-bond donors (Lipinski definition) is 1. The fraction of sp³-hybridized carbons (Fsp3) is 0.300. The molecule has 1 N–H and O–H groups in total. The van der Waals surface area contributed by atoms with Crippen LogP contribution >= 0.6 is 11.6 Å². The zero-order chi connectivity index (χ0) is 10.3. The van der Waals surface area contributed by atoms with Gasteiger partial charge in [0.25, 0.3) is 0 Å². The molecule has 0 radical (unpaired) electrons. The van der Waals surface area contributed by atoms with Gasteiger partial charge < -0.3 is 5.11 Å². The molecule has 2 nitrogen and oxygen atoms in total. The van der Waals surface area contributed by atoms with Crippen molar-refractivity contribution in [2.45, 2.75) is 13.8 Å². The van der Waals surface area contributed by atoms with E-state index in [0.717, 1.165) is 0 Å². The van der Waals surface area contributed by atoms with Gasteiger partial charge in [-0.25, -0.2) is 0 Å². The summed E-state index contributed by atoms with van der Waals surface area (Å²) in [6, 6.07) is 8.36. The van der Waals surface area contributed by atoms with Crippen LogP contribution in [0.15, 0.2) is 24.3 Å². The van der Waals surface area contributed by atoms with Crippen LogP contribution in [0.5, 0.6) is 0 Å². The zero-order valence-electron chi connectivity index (χ0n) is 7.75. The van der Waals surface area contributed by atoms with Crippen molar-refractivity contribution in [1.82, 2.24) is 0 Å². The molecule has 0 fully saturated rings. The average molecular weight is 201 g/mol. The molecule has 0 saturated carbocycles. The second kappa shape index (κ2) is 6.49. The van der Waals surface area contributed by atoms with Crippen molar-refractivity contribution < 1.29 is 9.90 Å². The topological polar surface area (TPSA) is 37.3 Å². The van der Waals surface area contributed by atoms with Gasteiger partial charge in [-0.15, -0.1) is 11.6 Å². The number of hydrogen-bond acceptors (Lipinski definition) is 1. The van der Waals surface area contributed by atoms with E-state index in [0.29, 0.717) is 0 Å². The molecule has 1 rings (SSSR count). The van der Waals surface area contributed by atoms with Gasteiger partial charge in [-0.2, -0.15) is 0 Å². The highest BCUT2D eigenvalue weighted by molar-refractivity contribution is 6.26. The van der Waals surface area contributed by atoms with Gasteiger partial charge in [0.15, 0.2) is 0 Å². The highest BCUT2D eigenvalue weighted by atomic mass is 35.5. The Hall–Kier alpha value is -1.02. The van der Waals surface area contributed by atoms with Gasteiger partial charge in [0.1, 0.15) is 5.88 Å². The minimum absolute atomic E-state index is 0.306. The Labute approximate surface area is 83.2 Å². The van der Waals surface area contributed by atoms with Crippen LogP contribution < -0.4 is 0 Å². The molecule has 0 amide bonds. The van der Waals surface area contributed by atoms with Crippen LogP contribution in [0.4, 0.5) is 0 Å². The summed E-state index contributed by atoms with van der Waals surface area (Å²) in [5.41, 5.74) is 2.74. The lowest BCUT2D eigenvalue weighted by Crippen LogP contribution is -1.92. The summed E-state index contributed by atoms with van der Waals surface area (Å²) in [6.45, 7) is 4.24. The quantitative estimate of drug-likeness (QED) is 0.708. The van der Waals surface area contributed by atoms with Gasteiger partial charge in [-0.1, -0.05) is 24.3 Å². The maximum atomic E-state index is 9.24. The molecule has 0 aliphatic carbocycles. The molecule has 0 bridgehead atoms. The number of carbonyl (C=O) groups is 1. The van der Waals surface area contributed by atoms with Crippen molar-refractivity contribution in [1.29, 1.82) is 0 Å². The summed E-state index contributed by atoms with van der Waals surface area (Å²) >= 11 is 4.74. The minimum Gasteiger partial charge on any atom is -0.480 e. The second-order valence-electron chi connectivity index (χ2n) is 2.61. The van der Waals surface area contributed by atoms with E-state index < -0.39 is 5.97 Å². The third-order valence-electron chi connectivity index (χ3n) is 1.54. The number of carboxylic acid groups (broad SMARTS) is 1. The number of rotatable bonds is 1. The first-order chi connectivity index (χ1) is 6.07. The Morgan fingerprint density at radius 1 is 1.31 bits per heavy atom. The number of halogens is 1. The highest BCUT2D eigenvalue weighted by Crippen LogP contribution is 2.02. The van der Waals surface area contributed by atoms with Gasteiger partial charge in [0.05, 0.1) is 0 Å². The highest BCUT2D eigenvalue weighted by Gasteiger charge is 1.84. The Morgan fingerprint density at radius 3 is 1.77 bits per heavy atom. The number of carboxylic acids is 1. The van der Waals surface area contributed by atoms with Crippen LogP contribution in [-0.2, 0) is 4.79 Å². The van der Waals surface area contributed by atoms with Crippen molar-refractivity contribution in [2.24, 2.45) is 0 Å². The summed E-state index contributed by atoms with van der Waals surface area (Å²) < 4.78 is 0. The number of benzene rings is 1. The van der Waals surface area contributed by atoms with E-state index in [1.807, 2.05) is 0 Å². The van der Waals surface area contributed by atoms with Crippen LogP contribution in [0, 0.1) is 13.8 Å². The summed E-state index contributed by atoms with van der Waals surface area (Å²) in [4.78, 5) is 9.24. The van der Waals surface area contributed by atoms with E-state index >= 15 is 0 Å². The lowest BCUT2D eigenvalue weighted by Gasteiger charge is -1.93. The predicted octanol–water partition coefficient (Wildman–Crippen LogP) is 2.61. The first-order valence-electron chi connectivity index (χ1n) is 3.88. The standard InChI is InChI=1S/C8H10.C2H3ClO2/c1-7-5-3-4-6-8(7)2;3-1-2(4)5/h3-6H,1-2H3;1H2,(H,4,5). The van der Waals surface area contributed by atoms with Crippen molar-refractivity contribution in [3.05, 3.63) is 35.4 Å². The van der Waals surface area contributed by atoms with Crippen LogP contribution in [0.3, 0.4) is 0 Å². The molecular weight excluding hydrogens is 188 g/mol. The molecule has 0 unspecified atom stereocenters. The first kappa shape index (κ1) is 12.0. The SMILES string of the molecule is Cc1ccccc1C.O=C(O)CCl. The molecule has 0 aliphatic heterocycles. The Morgan fingerprint density at radius 2 is 1.62 bits per heavy atom. The predicted molar refractivity (Wildman–Crippen MR) is 54.3 cm³/mol. The monoisotopic (exact) mass is 200 g/mol. The summed E-state index contributed by atoms with van der Waals surface area (Å²) in [6.07, 6.45) is 0. The third kappa shape index (κ3) is 6.17. The maximum absolute atomic E-state index is 9.24. The number of aliphatic carboxylic acids is 1. The van der Waals surface area contributed by atoms with Crippen molar-refractivity contribution in [3.63, 3.8) is 0 Å². The fourth-order valence-electron chi connectivity index (χ4n) is 0.663. The Kier molecular flexibility index (Phi) is 5.98. The van der Waals surface area contributed by atoms with Gasteiger partial charge in [-0.3, -0.25) is 4.79 Å². The minimum atomic E-state index is -0.980. The third-order valence-corrected chi connectivity index (χ3v) is 1.77. The molecule has 1 aromatic rings. The number of alkyl halides is 1. The largest absolute Gasteiger partial charge is 0.480 e. The molecule has 0 saturated heterocycles. The molecule has 13 heavy (non-hydrogen) atoms. The van der Waals surface area contributed by atoms with Crippen LogP contribution in [0.25, 0.3) is 0 Å². The molecule has 3 heteroatoms. The van der Waals surface area contributed by atoms with Gasteiger partial charge in [0, 0.05) is 0 Å². The van der Waals surface area contributed by atoms with Crippen LogP contribution in [0.1, 0.15) is 11.1 Å². The van der Waals surface area contributed by atoms with Gasteiger partial charge >= 0.3 is 5.97 Å². The normalized spacial score (nSPS) is 8.54. The summed E-state index contributed by atoms with van der Waals surface area (Å²) in [7, 11) is 0. The van der Waals surface area contributed by atoms with Crippen molar-refractivity contribution in [3.8, 4) is 0 Å². The van der Waals surface area contributed by atoms with E-state index in [9.17, 15) is 4.79 Å². The van der Waals surface area contributed by atoms with E-state index in [4.69, 9.17) is 16.7 Å². The van der Waals surface area contributed by atoms with E-state index in [1.54, 1.807) is 0 Å². The van der Waals surface area contributed by atoms with E-state index in [-0.39, 0.29) is 5.88 Å². The Bertz CT molecular complexity index is 250. The molecule has 72 valence electrons. The number of aryl methyl sites for hydroxylation is 2. The van der Waals surface area contributed by atoms with Crippen LogP contribution in [-0.4, -0.2) is 17.0 Å². The van der Waals surface area contributed by atoms with Gasteiger partial charge in [-0.05, 0) is 25.0 Å². The van der Waals surface area contributed by atoms with E-state index in [2.05, 4.69) is 38.1 Å². The summed E-state index contributed by atoms with van der Waals surface area (Å²) in [5, 5.41) is 7.59. The lowest BCUT2D eigenvalue weighted by molar-refractivity contribution is -0.134. The zero-order valence-corrected chi connectivity index (χ0v) is 8.51. The van der Waals surface area contributed by atoms with Crippen LogP contribution in [0.2, 0.25) is 0 Å². The molecule has 0 spiro atoms. The Balaban J connectivity index is 0.000000252. The smallest absolute Gasteiger partial charge is 0.318 e. The lowest BCUT2D eigenvalue weighted by atomic mass is 10.1. The molecule has 0 aliphatic rings. The summed E-state index contributed by atoms with van der Waals surface area (Å²) in [5.74, 6) is -1.29. The maximum Gasteiger partial charge on any atom is 0.318 e. The van der Waals surface area contributed by atoms with E-state index in [1.165, 1.54) is 11.1 Å². The van der Waals surface area contributed by atoms with Crippen molar-refractivity contribution >= 4 is 17.6 Å².